The molecular weight excluding hydrogens is 220 g/mol. The van der Waals surface area contributed by atoms with Crippen LogP contribution >= 0.6 is 0 Å². The normalized spacial score (nSPS) is 12.4. The van der Waals surface area contributed by atoms with E-state index in [0.29, 0.717) is 11.7 Å². The summed E-state index contributed by atoms with van der Waals surface area (Å²) < 4.78 is 0. The summed E-state index contributed by atoms with van der Waals surface area (Å²) in [6.45, 7) is 6.15. The van der Waals surface area contributed by atoms with Crippen LogP contribution in [0.25, 0.3) is 0 Å². The van der Waals surface area contributed by atoms with Gasteiger partial charge in [0.1, 0.15) is 5.75 Å². The minimum Gasteiger partial charge on any atom is -0.507 e. The number of hydrogen-bond acceptors (Lipinski definition) is 1. The maximum atomic E-state index is 9.80. The highest BCUT2D eigenvalue weighted by Crippen LogP contribution is 2.28. The SMILES string of the molecule is Cc1cc(C(C)Cc2ccccc2)cc(C)c1O. The van der Waals surface area contributed by atoms with Gasteiger partial charge in [0.05, 0.1) is 0 Å². The van der Waals surface area contributed by atoms with Gasteiger partial charge in [-0.25, -0.2) is 0 Å². The van der Waals surface area contributed by atoms with E-state index in [9.17, 15) is 5.11 Å². The average molecular weight is 240 g/mol. The molecule has 0 spiro atoms. The molecule has 2 aromatic carbocycles. The Bertz CT molecular complexity index is 506. The Labute approximate surface area is 109 Å². The zero-order valence-electron chi connectivity index (χ0n) is 11.3. The molecule has 94 valence electrons. The van der Waals surface area contributed by atoms with E-state index in [1.165, 1.54) is 11.1 Å². The lowest BCUT2D eigenvalue weighted by atomic mass is 9.91. The van der Waals surface area contributed by atoms with Crippen LogP contribution in [0.15, 0.2) is 42.5 Å². The molecule has 2 aromatic rings. The summed E-state index contributed by atoms with van der Waals surface area (Å²) in [5.41, 5.74) is 4.58. The molecule has 1 unspecified atom stereocenters. The van der Waals surface area contributed by atoms with E-state index in [2.05, 4.69) is 43.3 Å². The fraction of sp³-hybridized carbons (Fsp3) is 0.294. The second-order valence-electron chi connectivity index (χ2n) is 5.09. The van der Waals surface area contributed by atoms with E-state index in [0.717, 1.165) is 17.5 Å². The minimum atomic E-state index is 0.422. The van der Waals surface area contributed by atoms with Crippen LogP contribution in [-0.2, 0) is 6.42 Å². The Morgan fingerprint density at radius 2 is 1.56 bits per heavy atom. The second kappa shape index (κ2) is 5.26. The van der Waals surface area contributed by atoms with Crippen molar-refractivity contribution in [3.8, 4) is 5.75 Å². The Hall–Kier alpha value is -1.76. The highest BCUT2D eigenvalue weighted by Gasteiger charge is 2.10. The first-order valence-corrected chi connectivity index (χ1v) is 6.42. The van der Waals surface area contributed by atoms with Gasteiger partial charge in [0.25, 0.3) is 0 Å². The number of rotatable bonds is 3. The Morgan fingerprint density at radius 3 is 2.11 bits per heavy atom. The Balaban J connectivity index is 2.22. The Kier molecular flexibility index (Phi) is 3.71. The van der Waals surface area contributed by atoms with Crippen LogP contribution in [-0.4, -0.2) is 5.11 Å². The summed E-state index contributed by atoms with van der Waals surface area (Å²) in [5.74, 6) is 0.885. The van der Waals surface area contributed by atoms with E-state index in [-0.39, 0.29) is 0 Å². The number of benzene rings is 2. The van der Waals surface area contributed by atoms with Crippen LogP contribution in [0.2, 0.25) is 0 Å². The largest absolute Gasteiger partial charge is 0.507 e. The van der Waals surface area contributed by atoms with Gasteiger partial charge in [0.15, 0.2) is 0 Å². The molecular formula is C17H20O. The lowest BCUT2D eigenvalue weighted by Crippen LogP contribution is -1.99. The fourth-order valence-corrected chi connectivity index (χ4v) is 2.36. The third kappa shape index (κ3) is 2.73. The number of phenolic OH excluding ortho intramolecular Hbond substituents is 1. The van der Waals surface area contributed by atoms with Crippen LogP contribution in [0.4, 0.5) is 0 Å². The average Bonchev–Trinajstić information content (AvgIpc) is 2.36. The van der Waals surface area contributed by atoms with Crippen molar-refractivity contribution in [2.75, 3.05) is 0 Å². The lowest BCUT2D eigenvalue weighted by Gasteiger charge is -2.15. The lowest BCUT2D eigenvalue weighted by molar-refractivity contribution is 0.466. The van der Waals surface area contributed by atoms with Crippen molar-refractivity contribution in [1.29, 1.82) is 0 Å². The molecule has 0 fully saturated rings. The molecule has 0 saturated carbocycles. The molecule has 0 saturated heterocycles. The van der Waals surface area contributed by atoms with Gasteiger partial charge in [0, 0.05) is 0 Å². The van der Waals surface area contributed by atoms with Crippen LogP contribution < -0.4 is 0 Å². The van der Waals surface area contributed by atoms with Gasteiger partial charge in [-0.05, 0) is 48.4 Å². The van der Waals surface area contributed by atoms with Gasteiger partial charge >= 0.3 is 0 Å². The first kappa shape index (κ1) is 12.7. The molecule has 1 heteroatoms. The predicted octanol–water partition coefficient (Wildman–Crippen LogP) is 4.36. The minimum absolute atomic E-state index is 0.422. The Morgan fingerprint density at radius 1 is 1.00 bits per heavy atom. The van der Waals surface area contributed by atoms with Crippen LogP contribution in [0.3, 0.4) is 0 Å². The van der Waals surface area contributed by atoms with E-state index < -0.39 is 0 Å². The zero-order chi connectivity index (χ0) is 13.1. The van der Waals surface area contributed by atoms with E-state index in [1.54, 1.807) is 0 Å². The van der Waals surface area contributed by atoms with Gasteiger partial charge in [-0.2, -0.15) is 0 Å². The number of phenols is 1. The van der Waals surface area contributed by atoms with Gasteiger partial charge < -0.3 is 5.11 Å². The molecule has 0 aliphatic carbocycles. The van der Waals surface area contributed by atoms with Crippen molar-refractivity contribution in [2.24, 2.45) is 0 Å². The summed E-state index contributed by atoms with van der Waals surface area (Å²) in [4.78, 5) is 0. The number of aromatic hydroxyl groups is 1. The fourth-order valence-electron chi connectivity index (χ4n) is 2.36. The molecule has 0 radical (unpaired) electrons. The molecule has 1 N–H and O–H groups in total. The third-order valence-corrected chi connectivity index (χ3v) is 3.47. The van der Waals surface area contributed by atoms with Crippen LogP contribution in [0.5, 0.6) is 5.75 Å². The summed E-state index contributed by atoms with van der Waals surface area (Å²) >= 11 is 0. The molecule has 1 nitrogen and oxygen atoms in total. The van der Waals surface area contributed by atoms with Crippen molar-refractivity contribution in [2.45, 2.75) is 33.1 Å². The van der Waals surface area contributed by atoms with E-state index in [4.69, 9.17) is 0 Å². The molecule has 0 bridgehead atoms. The second-order valence-corrected chi connectivity index (χ2v) is 5.09. The molecule has 2 rings (SSSR count). The predicted molar refractivity (Wildman–Crippen MR) is 76.1 cm³/mol. The summed E-state index contributed by atoms with van der Waals surface area (Å²) in [6, 6.07) is 14.7. The quantitative estimate of drug-likeness (QED) is 0.845. The van der Waals surface area contributed by atoms with Crippen molar-refractivity contribution in [3.05, 3.63) is 64.7 Å². The summed E-state index contributed by atoms with van der Waals surface area (Å²) in [6.07, 6.45) is 1.03. The van der Waals surface area contributed by atoms with Gasteiger partial charge in [-0.3, -0.25) is 0 Å². The first-order valence-electron chi connectivity index (χ1n) is 6.42. The third-order valence-electron chi connectivity index (χ3n) is 3.47. The molecule has 0 aliphatic heterocycles. The highest BCUT2D eigenvalue weighted by molar-refractivity contribution is 5.43. The topological polar surface area (TPSA) is 20.2 Å². The van der Waals surface area contributed by atoms with Gasteiger partial charge in [0.2, 0.25) is 0 Å². The standard InChI is InChI=1S/C17H20O/c1-12(9-15-7-5-4-6-8-15)16-10-13(2)17(18)14(3)11-16/h4-8,10-12,18H,9H2,1-3H3. The monoisotopic (exact) mass is 240 g/mol. The smallest absolute Gasteiger partial charge is 0.121 e. The van der Waals surface area contributed by atoms with Gasteiger partial charge in [-0.1, -0.05) is 49.4 Å². The molecule has 0 aliphatic rings. The molecule has 0 aromatic heterocycles. The molecule has 18 heavy (non-hydrogen) atoms. The zero-order valence-corrected chi connectivity index (χ0v) is 11.3. The van der Waals surface area contributed by atoms with Crippen molar-refractivity contribution < 1.29 is 5.11 Å². The van der Waals surface area contributed by atoms with Crippen LogP contribution in [0.1, 0.15) is 35.1 Å². The van der Waals surface area contributed by atoms with Gasteiger partial charge in [-0.15, -0.1) is 0 Å². The maximum absolute atomic E-state index is 9.80. The van der Waals surface area contributed by atoms with E-state index in [1.807, 2.05) is 19.9 Å². The maximum Gasteiger partial charge on any atom is 0.121 e. The van der Waals surface area contributed by atoms with Crippen molar-refractivity contribution in [3.63, 3.8) is 0 Å². The van der Waals surface area contributed by atoms with Crippen molar-refractivity contribution in [1.82, 2.24) is 0 Å². The van der Waals surface area contributed by atoms with Crippen molar-refractivity contribution >= 4 is 0 Å². The summed E-state index contributed by atoms with van der Waals surface area (Å²) in [7, 11) is 0. The molecule has 1 atom stereocenters. The first-order chi connectivity index (χ1) is 8.58. The number of aryl methyl sites for hydroxylation is 2. The number of hydrogen-bond donors (Lipinski definition) is 1. The molecule has 0 amide bonds. The van der Waals surface area contributed by atoms with E-state index >= 15 is 0 Å². The van der Waals surface area contributed by atoms with Crippen LogP contribution in [0, 0.1) is 13.8 Å². The molecule has 0 heterocycles. The summed E-state index contributed by atoms with van der Waals surface area (Å²) in [5, 5.41) is 9.80. The highest BCUT2D eigenvalue weighted by atomic mass is 16.3.